The molecule has 0 aliphatic heterocycles. The molecule has 0 aliphatic rings. The number of amides is 6. The molecule has 0 rings (SSSR count). The zero-order valence-corrected chi connectivity index (χ0v) is 24.0. The number of carbonyl (C=O) groups is 6. The molecule has 0 saturated carbocycles. The van der Waals surface area contributed by atoms with E-state index < -0.39 is 71.8 Å². The van der Waals surface area contributed by atoms with Gasteiger partial charge in [-0.25, -0.2) is 0 Å². The fourth-order valence-electron chi connectivity index (χ4n) is 3.45. The molecular weight excluding hydrogens is 540 g/mol. The van der Waals surface area contributed by atoms with Crippen LogP contribution in [0.5, 0.6) is 0 Å². The Balaban J connectivity index is 5.97. The number of nitrogens with zero attached hydrogens (tertiary/aromatic N) is 1. The van der Waals surface area contributed by atoms with Crippen LogP contribution in [0.15, 0.2) is 4.99 Å². The Morgan fingerprint density at radius 1 is 0.732 bits per heavy atom. The maximum Gasteiger partial charge on any atom is 0.243 e. The monoisotopic (exact) mass is 586 g/mol. The van der Waals surface area contributed by atoms with Gasteiger partial charge in [-0.1, -0.05) is 13.8 Å². The van der Waals surface area contributed by atoms with Gasteiger partial charge in [0.25, 0.3) is 0 Å². The van der Waals surface area contributed by atoms with Crippen molar-refractivity contribution in [2.45, 2.75) is 96.1 Å². The van der Waals surface area contributed by atoms with Crippen LogP contribution in [0.1, 0.15) is 59.8 Å². The van der Waals surface area contributed by atoms with Crippen LogP contribution < -0.4 is 49.9 Å². The summed E-state index contributed by atoms with van der Waals surface area (Å²) in [6, 6.07) is -6.00. The molecule has 41 heavy (non-hydrogen) atoms. The number of hydrogen-bond acceptors (Lipinski definition) is 9. The lowest BCUT2D eigenvalue weighted by atomic mass is 10.0. The highest BCUT2D eigenvalue weighted by Crippen LogP contribution is 2.09. The van der Waals surface area contributed by atoms with Gasteiger partial charge >= 0.3 is 0 Å². The van der Waals surface area contributed by atoms with Gasteiger partial charge in [0.05, 0.1) is 6.10 Å². The van der Waals surface area contributed by atoms with Gasteiger partial charge < -0.3 is 55.0 Å². The highest BCUT2D eigenvalue weighted by Gasteiger charge is 2.32. The van der Waals surface area contributed by atoms with Gasteiger partial charge in [-0.05, 0) is 45.4 Å². The van der Waals surface area contributed by atoms with E-state index in [1.165, 1.54) is 13.8 Å². The molecule has 15 N–H and O–H groups in total. The first-order valence-electron chi connectivity index (χ1n) is 13.2. The van der Waals surface area contributed by atoms with E-state index in [0.717, 1.165) is 0 Å². The van der Waals surface area contributed by atoms with Crippen LogP contribution in [0.4, 0.5) is 0 Å². The van der Waals surface area contributed by atoms with Crippen molar-refractivity contribution < 1.29 is 33.9 Å². The normalized spacial score (nSPS) is 15.3. The van der Waals surface area contributed by atoms with E-state index in [1.54, 1.807) is 0 Å². The Hall–Kier alpha value is -3.99. The summed E-state index contributed by atoms with van der Waals surface area (Å²) in [5, 5.41) is 19.5. The van der Waals surface area contributed by atoms with Gasteiger partial charge in [0.1, 0.15) is 30.2 Å². The minimum Gasteiger partial charge on any atom is -0.391 e. The highest BCUT2D eigenvalue weighted by atomic mass is 16.3. The van der Waals surface area contributed by atoms with E-state index in [4.69, 9.17) is 28.7 Å². The molecular formula is C24H46N10O7. The van der Waals surface area contributed by atoms with E-state index in [9.17, 15) is 33.9 Å². The maximum absolute atomic E-state index is 13.3. The SMILES string of the molecule is CC(C)C[C@H](NC(=O)[C@H](CCCN=C(N)N)NC(=O)[C@H](CCC(N)=O)NC(=O)[C@@H](N)[C@@H](C)O)C(=O)N[C@@H](C)C(N)=O. The first-order valence-corrected chi connectivity index (χ1v) is 13.2. The number of nitrogens with two attached hydrogens (primary N) is 5. The molecule has 0 fully saturated rings. The average molecular weight is 587 g/mol. The van der Waals surface area contributed by atoms with Gasteiger partial charge in [-0.15, -0.1) is 0 Å². The number of hydrogen-bond donors (Lipinski definition) is 10. The van der Waals surface area contributed by atoms with E-state index >= 15 is 0 Å². The van der Waals surface area contributed by atoms with E-state index in [2.05, 4.69) is 26.3 Å². The second-order valence-electron chi connectivity index (χ2n) is 10.2. The number of carbonyl (C=O) groups excluding carboxylic acids is 6. The Labute approximate surface area is 239 Å². The zero-order valence-electron chi connectivity index (χ0n) is 24.0. The molecule has 17 heteroatoms. The summed E-state index contributed by atoms with van der Waals surface area (Å²) in [6.45, 7) is 6.45. The molecule has 0 aliphatic carbocycles. The van der Waals surface area contributed by atoms with Crippen LogP contribution in [-0.2, 0) is 28.8 Å². The number of primary amides is 2. The predicted molar refractivity (Wildman–Crippen MR) is 150 cm³/mol. The molecule has 0 radical (unpaired) electrons. The smallest absolute Gasteiger partial charge is 0.243 e. The van der Waals surface area contributed by atoms with E-state index in [-0.39, 0.29) is 50.5 Å². The number of rotatable bonds is 19. The van der Waals surface area contributed by atoms with Crippen molar-refractivity contribution in [2.75, 3.05) is 6.54 Å². The molecule has 6 atom stereocenters. The van der Waals surface area contributed by atoms with Crippen molar-refractivity contribution in [3.63, 3.8) is 0 Å². The maximum atomic E-state index is 13.3. The minimum absolute atomic E-state index is 0.0196. The van der Waals surface area contributed by atoms with Crippen molar-refractivity contribution in [1.82, 2.24) is 21.3 Å². The van der Waals surface area contributed by atoms with Crippen molar-refractivity contribution in [1.29, 1.82) is 0 Å². The number of aliphatic hydroxyl groups is 1. The molecule has 0 aromatic carbocycles. The number of nitrogens with one attached hydrogen (secondary N) is 4. The lowest BCUT2D eigenvalue weighted by Crippen LogP contribution is -2.59. The largest absolute Gasteiger partial charge is 0.391 e. The van der Waals surface area contributed by atoms with E-state index in [1.807, 2.05) is 13.8 Å². The molecule has 0 heterocycles. The minimum atomic E-state index is -1.37. The van der Waals surface area contributed by atoms with Gasteiger partial charge in [-0.2, -0.15) is 0 Å². The number of aliphatic imine (C=N–C) groups is 1. The molecule has 0 aromatic heterocycles. The number of aliphatic hydroxyl groups excluding tert-OH is 1. The van der Waals surface area contributed by atoms with Gasteiger partial charge in [-0.3, -0.25) is 33.8 Å². The second kappa shape index (κ2) is 18.4. The van der Waals surface area contributed by atoms with Crippen molar-refractivity contribution in [2.24, 2.45) is 39.6 Å². The fourth-order valence-corrected chi connectivity index (χ4v) is 3.45. The summed E-state index contributed by atoms with van der Waals surface area (Å²) >= 11 is 0. The summed E-state index contributed by atoms with van der Waals surface area (Å²) in [4.78, 5) is 78.4. The van der Waals surface area contributed by atoms with Crippen molar-refractivity contribution in [3.05, 3.63) is 0 Å². The molecule has 6 amide bonds. The lowest BCUT2D eigenvalue weighted by Gasteiger charge is -2.27. The fraction of sp³-hybridized carbons (Fsp3) is 0.708. The molecule has 234 valence electrons. The first-order chi connectivity index (χ1) is 19.0. The van der Waals surface area contributed by atoms with Crippen LogP contribution in [0, 0.1) is 5.92 Å². The summed E-state index contributed by atoms with van der Waals surface area (Å²) < 4.78 is 0. The van der Waals surface area contributed by atoms with Crippen LogP contribution in [0.2, 0.25) is 0 Å². The molecule has 0 spiro atoms. The highest BCUT2D eigenvalue weighted by molar-refractivity contribution is 5.96. The predicted octanol–water partition coefficient (Wildman–Crippen LogP) is -4.50. The van der Waals surface area contributed by atoms with Crippen molar-refractivity contribution in [3.8, 4) is 0 Å². The lowest BCUT2D eigenvalue weighted by molar-refractivity contribution is -0.135. The number of guanidine groups is 1. The first kappa shape index (κ1) is 37.0. The molecule has 0 unspecified atom stereocenters. The van der Waals surface area contributed by atoms with Crippen LogP contribution in [0.3, 0.4) is 0 Å². The Kier molecular flexibility index (Phi) is 16.6. The molecule has 0 bridgehead atoms. The van der Waals surface area contributed by atoms with Gasteiger partial charge in [0.2, 0.25) is 35.4 Å². The van der Waals surface area contributed by atoms with Crippen LogP contribution >= 0.6 is 0 Å². The second-order valence-corrected chi connectivity index (χ2v) is 10.2. The molecule has 17 nitrogen and oxygen atoms in total. The summed E-state index contributed by atoms with van der Waals surface area (Å²) in [5.74, 6) is -4.82. The van der Waals surface area contributed by atoms with Gasteiger partial charge in [0, 0.05) is 13.0 Å². The summed E-state index contributed by atoms with van der Waals surface area (Å²) in [7, 11) is 0. The van der Waals surface area contributed by atoms with Crippen LogP contribution in [-0.4, -0.2) is 89.4 Å². The van der Waals surface area contributed by atoms with Crippen molar-refractivity contribution >= 4 is 41.4 Å². The quantitative estimate of drug-likeness (QED) is 0.0393. The summed E-state index contributed by atoms with van der Waals surface area (Å²) in [6.07, 6.45) is -1.27. The third-order valence-electron chi connectivity index (χ3n) is 5.84. The molecule has 0 saturated heterocycles. The van der Waals surface area contributed by atoms with E-state index in [0.29, 0.717) is 0 Å². The third kappa shape index (κ3) is 15.4. The van der Waals surface area contributed by atoms with Gasteiger partial charge in [0.15, 0.2) is 5.96 Å². The average Bonchev–Trinajstić information content (AvgIpc) is 2.86. The standard InChI is InChI=1S/C24H46N10O7/c1-11(2)10-16(22(40)31-12(3)19(27)37)34-20(38)14(6-5-9-30-24(28)29)32-21(39)15(7-8-17(25)36)33-23(41)18(26)13(4)35/h11-16,18,35H,5-10,26H2,1-4H3,(H2,25,36)(H2,27,37)(H,31,40)(H,32,39)(H,33,41)(H,34,38)(H4,28,29,30)/t12-,13+,14-,15-,16-,18-/m0/s1. The topological polar surface area (TPSA) is 313 Å². The zero-order chi connectivity index (χ0) is 31.9. The Bertz CT molecular complexity index is 953. The Morgan fingerprint density at radius 2 is 1.22 bits per heavy atom. The third-order valence-corrected chi connectivity index (χ3v) is 5.84. The van der Waals surface area contributed by atoms with Crippen LogP contribution in [0.25, 0.3) is 0 Å². The summed E-state index contributed by atoms with van der Waals surface area (Å²) in [5.41, 5.74) is 26.7. The molecule has 0 aromatic rings. The Morgan fingerprint density at radius 3 is 1.68 bits per heavy atom.